The van der Waals surface area contributed by atoms with E-state index >= 15 is 0 Å². The van der Waals surface area contributed by atoms with E-state index in [2.05, 4.69) is 5.32 Å². The topological polar surface area (TPSA) is 86.8 Å². The summed E-state index contributed by atoms with van der Waals surface area (Å²) in [7, 11) is 3.12. The molecule has 0 aliphatic rings. The van der Waals surface area contributed by atoms with E-state index in [1.54, 1.807) is 38.5 Å². The number of para-hydroxylation sites is 2. The summed E-state index contributed by atoms with van der Waals surface area (Å²) in [4.78, 5) is 30.3. The second-order valence-electron chi connectivity index (χ2n) is 7.78. The quantitative estimate of drug-likeness (QED) is 0.353. The summed E-state index contributed by atoms with van der Waals surface area (Å²) in [5.74, 6) is 0.127. The number of aryl methyl sites for hydroxylation is 1. The molecule has 0 saturated heterocycles. The van der Waals surface area contributed by atoms with Crippen molar-refractivity contribution in [3.63, 3.8) is 0 Å². The van der Waals surface area contributed by atoms with E-state index < -0.39 is 18.5 Å². The molecule has 0 unspecified atom stereocenters. The predicted molar refractivity (Wildman–Crippen MR) is 135 cm³/mol. The van der Waals surface area contributed by atoms with Gasteiger partial charge in [-0.25, -0.2) is 9.78 Å². The van der Waals surface area contributed by atoms with Crippen molar-refractivity contribution in [1.29, 1.82) is 0 Å². The van der Waals surface area contributed by atoms with Crippen LogP contribution in [0.4, 0.5) is 5.69 Å². The van der Waals surface area contributed by atoms with Crippen molar-refractivity contribution in [1.82, 2.24) is 4.98 Å². The van der Waals surface area contributed by atoms with Crippen molar-refractivity contribution in [3.8, 4) is 22.8 Å². The van der Waals surface area contributed by atoms with Crippen LogP contribution in [0.15, 0.2) is 72.8 Å². The lowest BCUT2D eigenvalue weighted by molar-refractivity contribution is -0.119. The molecule has 0 fully saturated rings. The number of amides is 1. The van der Waals surface area contributed by atoms with Gasteiger partial charge in [-0.1, -0.05) is 43.3 Å². The molecular weight excluding hydrogens is 444 g/mol. The Kier molecular flexibility index (Phi) is 7.26. The van der Waals surface area contributed by atoms with Gasteiger partial charge in [-0.2, -0.15) is 0 Å². The number of rotatable bonds is 8. The number of aromatic nitrogens is 1. The Morgan fingerprint density at radius 3 is 2.40 bits per heavy atom. The van der Waals surface area contributed by atoms with Crippen LogP contribution in [-0.2, 0) is 16.0 Å². The second kappa shape index (κ2) is 10.7. The summed E-state index contributed by atoms with van der Waals surface area (Å²) >= 11 is 0. The van der Waals surface area contributed by atoms with Crippen LogP contribution in [0.3, 0.4) is 0 Å². The molecule has 1 aromatic heterocycles. The maximum Gasteiger partial charge on any atom is 0.339 e. The van der Waals surface area contributed by atoms with Crippen LogP contribution in [0.25, 0.3) is 22.2 Å². The maximum atomic E-state index is 13.1. The molecule has 0 bridgehead atoms. The van der Waals surface area contributed by atoms with Gasteiger partial charge in [0.2, 0.25) is 0 Å². The number of carbonyl (C=O) groups is 2. The van der Waals surface area contributed by atoms with Gasteiger partial charge >= 0.3 is 5.97 Å². The largest absolute Gasteiger partial charge is 0.493 e. The zero-order chi connectivity index (χ0) is 24.8. The number of pyridine rings is 1. The van der Waals surface area contributed by atoms with E-state index in [1.165, 1.54) is 0 Å². The first-order valence-corrected chi connectivity index (χ1v) is 11.2. The number of carbonyl (C=O) groups excluding carboxylic acids is 2. The lowest BCUT2D eigenvalue weighted by Crippen LogP contribution is -2.21. The number of nitrogens with zero attached hydrogens (tertiary/aromatic N) is 1. The first kappa shape index (κ1) is 23.8. The Morgan fingerprint density at radius 1 is 0.886 bits per heavy atom. The lowest BCUT2D eigenvalue weighted by Gasteiger charge is -2.13. The van der Waals surface area contributed by atoms with Gasteiger partial charge in [0.1, 0.15) is 0 Å². The summed E-state index contributed by atoms with van der Waals surface area (Å²) in [6, 6.07) is 21.9. The standard InChI is InChI=1S/C28H26N2O5/c1-4-18-9-5-7-11-22(18)30-27(31)17-35-28(32)21-16-24(29-23-12-8-6-10-20(21)23)19-13-14-25(33-2)26(15-19)34-3/h5-16H,4,17H2,1-3H3,(H,30,31). The summed E-state index contributed by atoms with van der Waals surface area (Å²) in [6.07, 6.45) is 0.776. The third-order valence-electron chi connectivity index (χ3n) is 5.62. The maximum absolute atomic E-state index is 13.1. The minimum absolute atomic E-state index is 0.321. The van der Waals surface area contributed by atoms with Gasteiger partial charge in [0.05, 0.1) is 31.0 Å². The number of methoxy groups -OCH3 is 2. The molecule has 1 amide bonds. The highest BCUT2D eigenvalue weighted by atomic mass is 16.5. The van der Waals surface area contributed by atoms with Crippen molar-refractivity contribution in [2.75, 3.05) is 26.1 Å². The average Bonchev–Trinajstić information content (AvgIpc) is 2.90. The number of benzene rings is 3. The number of nitrogens with one attached hydrogen (secondary N) is 1. The number of hydrogen-bond acceptors (Lipinski definition) is 6. The molecule has 0 spiro atoms. The van der Waals surface area contributed by atoms with Crippen LogP contribution in [0.2, 0.25) is 0 Å². The number of anilines is 1. The normalized spacial score (nSPS) is 10.6. The summed E-state index contributed by atoms with van der Waals surface area (Å²) < 4.78 is 16.1. The van der Waals surface area contributed by atoms with E-state index in [0.29, 0.717) is 39.3 Å². The third kappa shape index (κ3) is 5.24. The van der Waals surface area contributed by atoms with Crippen LogP contribution >= 0.6 is 0 Å². The van der Waals surface area contributed by atoms with Crippen molar-refractivity contribution in [3.05, 3.63) is 83.9 Å². The molecule has 3 aromatic carbocycles. The van der Waals surface area contributed by atoms with Gasteiger partial charge in [0, 0.05) is 16.6 Å². The van der Waals surface area contributed by atoms with Crippen LogP contribution in [0, 0.1) is 0 Å². The molecule has 0 radical (unpaired) electrons. The number of fused-ring (bicyclic) bond motifs is 1. The fourth-order valence-electron chi connectivity index (χ4n) is 3.83. The summed E-state index contributed by atoms with van der Waals surface area (Å²) in [5.41, 5.74) is 3.98. The van der Waals surface area contributed by atoms with Crippen LogP contribution in [0.5, 0.6) is 11.5 Å². The fraction of sp³-hybridized carbons (Fsp3) is 0.179. The molecule has 0 saturated carbocycles. The third-order valence-corrected chi connectivity index (χ3v) is 5.62. The van der Waals surface area contributed by atoms with Crippen LogP contribution in [0.1, 0.15) is 22.8 Å². The molecule has 0 atom stereocenters. The molecular formula is C28H26N2O5. The average molecular weight is 471 g/mol. The molecule has 7 nitrogen and oxygen atoms in total. The predicted octanol–water partition coefficient (Wildman–Crippen LogP) is 5.28. The molecule has 35 heavy (non-hydrogen) atoms. The number of hydrogen-bond donors (Lipinski definition) is 1. The van der Waals surface area contributed by atoms with E-state index in [1.807, 2.05) is 55.5 Å². The van der Waals surface area contributed by atoms with E-state index in [9.17, 15) is 9.59 Å². The molecule has 0 aliphatic carbocycles. The Hall–Kier alpha value is -4.39. The number of ether oxygens (including phenoxy) is 3. The van der Waals surface area contributed by atoms with Crippen LogP contribution in [-0.4, -0.2) is 37.7 Å². The first-order valence-electron chi connectivity index (χ1n) is 11.2. The zero-order valence-electron chi connectivity index (χ0n) is 19.8. The van der Waals surface area contributed by atoms with Crippen molar-refractivity contribution < 1.29 is 23.8 Å². The van der Waals surface area contributed by atoms with Gasteiger partial charge in [0.15, 0.2) is 18.1 Å². The van der Waals surface area contributed by atoms with Gasteiger partial charge in [0.25, 0.3) is 5.91 Å². The van der Waals surface area contributed by atoms with Crippen molar-refractivity contribution in [2.24, 2.45) is 0 Å². The fourth-order valence-corrected chi connectivity index (χ4v) is 3.83. The summed E-state index contributed by atoms with van der Waals surface area (Å²) in [6.45, 7) is 1.61. The second-order valence-corrected chi connectivity index (χ2v) is 7.78. The monoisotopic (exact) mass is 470 g/mol. The van der Waals surface area contributed by atoms with Gasteiger partial charge in [-0.15, -0.1) is 0 Å². The van der Waals surface area contributed by atoms with E-state index in [4.69, 9.17) is 19.2 Å². The molecule has 0 aliphatic heterocycles. The number of esters is 1. The highest BCUT2D eigenvalue weighted by Crippen LogP contribution is 2.33. The lowest BCUT2D eigenvalue weighted by atomic mass is 10.0. The van der Waals surface area contributed by atoms with Crippen molar-refractivity contribution >= 4 is 28.5 Å². The van der Waals surface area contributed by atoms with Crippen molar-refractivity contribution in [2.45, 2.75) is 13.3 Å². The van der Waals surface area contributed by atoms with Gasteiger partial charge in [-0.05, 0) is 48.4 Å². The van der Waals surface area contributed by atoms with E-state index in [0.717, 1.165) is 17.5 Å². The Balaban J connectivity index is 1.60. The smallest absolute Gasteiger partial charge is 0.339 e. The Bertz CT molecular complexity index is 1380. The van der Waals surface area contributed by atoms with Crippen LogP contribution < -0.4 is 14.8 Å². The Morgan fingerprint density at radius 2 is 1.63 bits per heavy atom. The first-order chi connectivity index (χ1) is 17.0. The molecule has 178 valence electrons. The molecule has 1 N–H and O–H groups in total. The Labute approximate surface area is 203 Å². The summed E-state index contributed by atoms with van der Waals surface area (Å²) in [5, 5.41) is 3.45. The van der Waals surface area contributed by atoms with E-state index in [-0.39, 0.29) is 0 Å². The molecule has 4 rings (SSSR count). The molecule has 1 heterocycles. The molecule has 4 aromatic rings. The molecule has 7 heteroatoms. The highest BCUT2D eigenvalue weighted by Gasteiger charge is 2.18. The minimum Gasteiger partial charge on any atom is -0.493 e. The minimum atomic E-state index is -0.607. The van der Waals surface area contributed by atoms with Gasteiger partial charge < -0.3 is 19.5 Å². The van der Waals surface area contributed by atoms with Gasteiger partial charge in [-0.3, -0.25) is 4.79 Å². The highest BCUT2D eigenvalue weighted by molar-refractivity contribution is 6.05. The zero-order valence-corrected chi connectivity index (χ0v) is 19.8. The SMILES string of the molecule is CCc1ccccc1NC(=O)COC(=O)c1cc(-c2ccc(OC)c(OC)c2)nc2ccccc12.